The van der Waals surface area contributed by atoms with Gasteiger partial charge in [0.2, 0.25) is 0 Å². The Hall–Kier alpha value is -3.57. The van der Waals surface area contributed by atoms with Crippen LogP contribution in [0.2, 0.25) is 0 Å². The Bertz CT molecular complexity index is 1260. The zero-order valence-corrected chi connectivity index (χ0v) is 18.0. The second-order valence-corrected chi connectivity index (χ2v) is 8.44. The summed E-state index contributed by atoms with van der Waals surface area (Å²) in [5.41, 5.74) is 3.03. The quantitative estimate of drug-likeness (QED) is 0.225. The Morgan fingerprint density at radius 2 is 1.77 bits per heavy atom. The zero-order valence-electron chi connectivity index (χ0n) is 15.6. The molecule has 0 radical (unpaired) electrons. The molecule has 0 heterocycles. The molecule has 9 nitrogen and oxygen atoms in total. The lowest BCUT2D eigenvalue weighted by Crippen LogP contribution is -2.18. The minimum Gasteiger partial charge on any atom is -0.379 e. The SMILES string of the molecule is O=C(N/N=C\c1cccc(OS(=O)(=O)c2ccc([N+](=O)[O-])cc2)c1)c1ccccc1Br. The van der Waals surface area contributed by atoms with Crippen LogP contribution in [0.3, 0.4) is 0 Å². The van der Waals surface area contributed by atoms with E-state index >= 15 is 0 Å². The molecule has 0 atom stereocenters. The average molecular weight is 504 g/mol. The molecule has 3 aromatic rings. The lowest BCUT2D eigenvalue weighted by molar-refractivity contribution is -0.384. The van der Waals surface area contributed by atoms with Crippen molar-refractivity contribution in [2.45, 2.75) is 4.90 Å². The topological polar surface area (TPSA) is 128 Å². The summed E-state index contributed by atoms with van der Waals surface area (Å²) < 4.78 is 30.5. The molecule has 158 valence electrons. The highest BCUT2D eigenvalue weighted by Gasteiger charge is 2.18. The van der Waals surface area contributed by atoms with Crippen LogP contribution < -0.4 is 9.61 Å². The van der Waals surface area contributed by atoms with Crippen LogP contribution in [-0.2, 0) is 10.1 Å². The van der Waals surface area contributed by atoms with E-state index in [4.69, 9.17) is 4.18 Å². The monoisotopic (exact) mass is 503 g/mol. The van der Waals surface area contributed by atoms with Crippen molar-refractivity contribution in [3.63, 3.8) is 0 Å². The maximum atomic E-state index is 12.4. The lowest BCUT2D eigenvalue weighted by Gasteiger charge is -2.07. The molecule has 31 heavy (non-hydrogen) atoms. The highest BCUT2D eigenvalue weighted by molar-refractivity contribution is 9.10. The second-order valence-electron chi connectivity index (χ2n) is 6.04. The number of hydrazone groups is 1. The Labute approximate surface area is 185 Å². The Morgan fingerprint density at radius 1 is 1.06 bits per heavy atom. The molecule has 0 spiro atoms. The molecule has 0 aliphatic rings. The largest absolute Gasteiger partial charge is 0.379 e. The third kappa shape index (κ3) is 5.74. The molecular weight excluding hydrogens is 490 g/mol. The van der Waals surface area contributed by atoms with Gasteiger partial charge in [-0.1, -0.05) is 24.3 Å². The molecule has 0 saturated carbocycles. The van der Waals surface area contributed by atoms with Crippen molar-refractivity contribution in [3.05, 3.63) is 98.5 Å². The van der Waals surface area contributed by atoms with Crippen LogP contribution >= 0.6 is 15.9 Å². The van der Waals surface area contributed by atoms with Crippen LogP contribution in [0, 0.1) is 10.1 Å². The number of carbonyl (C=O) groups excluding carboxylic acids is 1. The third-order valence-corrected chi connectivity index (χ3v) is 5.85. The Balaban J connectivity index is 1.69. The number of nitro benzene ring substituents is 1. The smallest absolute Gasteiger partial charge is 0.339 e. The summed E-state index contributed by atoms with van der Waals surface area (Å²) in [6.45, 7) is 0. The molecule has 0 fully saturated rings. The normalized spacial score (nSPS) is 11.3. The van der Waals surface area contributed by atoms with Gasteiger partial charge in [-0.2, -0.15) is 13.5 Å². The van der Waals surface area contributed by atoms with Gasteiger partial charge in [0.25, 0.3) is 11.6 Å². The number of non-ortho nitro benzene ring substituents is 1. The van der Waals surface area contributed by atoms with Gasteiger partial charge in [0, 0.05) is 16.6 Å². The number of carbonyl (C=O) groups is 1. The van der Waals surface area contributed by atoms with E-state index in [-0.39, 0.29) is 16.3 Å². The van der Waals surface area contributed by atoms with Gasteiger partial charge >= 0.3 is 10.1 Å². The number of nitrogens with one attached hydrogen (secondary N) is 1. The second kappa shape index (κ2) is 9.49. The number of amides is 1. The van der Waals surface area contributed by atoms with Crippen molar-refractivity contribution in [3.8, 4) is 5.75 Å². The third-order valence-electron chi connectivity index (χ3n) is 3.90. The molecule has 0 bridgehead atoms. The van der Waals surface area contributed by atoms with Crippen molar-refractivity contribution in [1.82, 2.24) is 5.43 Å². The summed E-state index contributed by atoms with van der Waals surface area (Å²) in [7, 11) is -4.19. The van der Waals surface area contributed by atoms with Crippen molar-refractivity contribution in [2.24, 2.45) is 5.10 Å². The molecule has 0 aliphatic heterocycles. The minimum absolute atomic E-state index is 0.0134. The van der Waals surface area contributed by atoms with Gasteiger partial charge in [0.15, 0.2) is 0 Å². The van der Waals surface area contributed by atoms with E-state index in [2.05, 4.69) is 26.5 Å². The first-order valence-corrected chi connectivity index (χ1v) is 10.8. The predicted molar refractivity (Wildman–Crippen MR) is 117 cm³/mol. The first kappa shape index (κ1) is 22.1. The van der Waals surface area contributed by atoms with Gasteiger partial charge in [0.05, 0.1) is 16.7 Å². The van der Waals surface area contributed by atoms with Gasteiger partial charge in [-0.25, -0.2) is 5.43 Å². The molecule has 3 rings (SSSR count). The average Bonchev–Trinajstić information content (AvgIpc) is 2.74. The standard InChI is InChI=1S/C20H14BrN3O6S/c21-19-7-2-1-6-18(19)20(25)23-22-13-14-4-3-5-16(12-14)30-31(28,29)17-10-8-15(9-11-17)24(26)27/h1-13H,(H,23,25)/b22-13-. The van der Waals surface area contributed by atoms with Gasteiger partial charge in [0.1, 0.15) is 10.6 Å². The number of nitro groups is 1. The number of hydrogen-bond donors (Lipinski definition) is 1. The van der Waals surface area contributed by atoms with E-state index < -0.39 is 20.9 Å². The summed E-state index contributed by atoms with van der Waals surface area (Å²) >= 11 is 3.28. The highest BCUT2D eigenvalue weighted by atomic mass is 79.9. The van der Waals surface area contributed by atoms with E-state index in [1.54, 1.807) is 36.4 Å². The number of hydrogen-bond acceptors (Lipinski definition) is 7. The summed E-state index contributed by atoms with van der Waals surface area (Å²) in [6, 6.07) is 17.2. The van der Waals surface area contributed by atoms with Gasteiger partial charge in [-0.3, -0.25) is 14.9 Å². The molecule has 1 N–H and O–H groups in total. The van der Waals surface area contributed by atoms with Crippen molar-refractivity contribution in [2.75, 3.05) is 0 Å². The van der Waals surface area contributed by atoms with E-state index in [9.17, 15) is 23.3 Å². The zero-order chi connectivity index (χ0) is 22.4. The summed E-state index contributed by atoms with van der Waals surface area (Å²) in [5.74, 6) is -0.406. The molecular formula is C20H14BrN3O6S. The number of rotatable bonds is 7. The molecule has 0 aromatic heterocycles. The van der Waals surface area contributed by atoms with Crippen LogP contribution in [0.15, 0.2) is 87.3 Å². The van der Waals surface area contributed by atoms with E-state index in [0.29, 0.717) is 15.6 Å². The fraction of sp³-hybridized carbons (Fsp3) is 0. The maximum absolute atomic E-state index is 12.4. The number of halogens is 1. The Morgan fingerprint density at radius 3 is 2.45 bits per heavy atom. The van der Waals surface area contributed by atoms with Crippen LogP contribution in [0.25, 0.3) is 0 Å². The molecule has 1 amide bonds. The van der Waals surface area contributed by atoms with Crippen LogP contribution in [-0.4, -0.2) is 25.5 Å². The van der Waals surface area contributed by atoms with Gasteiger partial charge in [-0.05, 0) is 57.9 Å². The van der Waals surface area contributed by atoms with Crippen LogP contribution in [0.4, 0.5) is 5.69 Å². The summed E-state index contributed by atoms with van der Waals surface area (Å²) in [4.78, 5) is 22.0. The molecule has 0 aliphatic carbocycles. The number of benzene rings is 3. The van der Waals surface area contributed by atoms with E-state index in [1.807, 2.05) is 0 Å². The van der Waals surface area contributed by atoms with Gasteiger partial charge in [-0.15, -0.1) is 0 Å². The molecule has 11 heteroatoms. The van der Waals surface area contributed by atoms with E-state index in [0.717, 1.165) is 24.3 Å². The first-order chi connectivity index (χ1) is 14.8. The van der Waals surface area contributed by atoms with E-state index in [1.165, 1.54) is 18.3 Å². The van der Waals surface area contributed by atoms with Crippen molar-refractivity contribution in [1.29, 1.82) is 0 Å². The minimum atomic E-state index is -4.19. The van der Waals surface area contributed by atoms with Crippen molar-refractivity contribution >= 4 is 43.9 Å². The first-order valence-electron chi connectivity index (χ1n) is 8.63. The summed E-state index contributed by atoms with van der Waals surface area (Å²) in [5, 5.41) is 14.6. The molecule has 0 unspecified atom stereocenters. The predicted octanol–water partition coefficient (Wildman–Crippen LogP) is 3.89. The fourth-order valence-electron chi connectivity index (χ4n) is 2.43. The lowest BCUT2D eigenvalue weighted by atomic mass is 10.2. The van der Waals surface area contributed by atoms with Crippen LogP contribution in [0.1, 0.15) is 15.9 Å². The van der Waals surface area contributed by atoms with Gasteiger partial charge < -0.3 is 4.18 Å². The summed E-state index contributed by atoms with van der Waals surface area (Å²) in [6.07, 6.45) is 1.33. The Kier molecular flexibility index (Phi) is 6.78. The van der Waals surface area contributed by atoms with Crippen molar-refractivity contribution < 1.29 is 22.3 Å². The van der Waals surface area contributed by atoms with Crippen LogP contribution in [0.5, 0.6) is 5.75 Å². The highest BCUT2D eigenvalue weighted by Crippen LogP contribution is 2.21. The maximum Gasteiger partial charge on any atom is 0.339 e. The molecule has 3 aromatic carbocycles. The number of nitrogens with zero attached hydrogens (tertiary/aromatic N) is 2. The fourth-order valence-corrected chi connectivity index (χ4v) is 3.81. The molecule has 0 saturated heterocycles.